The van der Waals surface area contributed by atoms with Crippen LogP contribution in [0.4, 0.5) is 0 Å². The molecule has 0 aliphatic heterocycles. The second-order valence-corrected chi connectivity index (χ2v) is 9.45. The number of halogens is 1. The summed E-state index contributed by atoms with van der Waals surface area (Å²) < 4.78 is 33.6. The van der Waals surface area contributed by atoms with Gasteiger partial charge in [-0.2, -0.15) is 4.72 Å². The lowest BCUT2D eigenvalue weighted by Gasteiger charge is -2.13. The van der Waals surface area contributed by atoms with E-state index in [0.29, 0.717) is 5.75 Å². The van der Waals surface area contributed by atoms with E-state index in [4.69, 9.17) is 9.84 Å². The highest BCUT2D eigenvalue weighted by Crippen LogP contribution is 2.32. The fourth-order valence-corrected chi connectivity index (χ4v) is 4.31. The summed E-state index contributed by atoms with van der Waals surface area (Å²) in [6.45, 7) is -0.255. The minimum Gasteiger partial charge on any atom is -0.481 e. The van der Waals surface area contributed by atoms with Crippen LogP contribution in [0.3, 0.4) is 0 Å². The number of carboxylic acids is 1. The first-order valence-corrected chi connectivity index (χ1v) is 11.4. The molecule has 146 valence electrons. The maximum absolute atomic E-state index is 12.4. The molecule has 0 saturated carbocycles. The molecule has 6 nitrogen and oxygen atoms in total. The molecule has 3 rings (SSSR count). The van der Waals surface area contributed by atoms with Crippen molar-refractivity contribution >= 4 is 54.5 Å². The second kappa shape index (κ2) is 8.95. The molecule has 0 saturated heterocycles. The molecule has 3 aromatic rings. The predicted octanol–water partition coefficient (Wildman–Crippen LogP) is 4.09. The van der Waals surface area contributed by atoms with Gasteiger partial charge in [0.05, 0.1) is 10.6 Å². The number of benzene rings is 3. The number of sulfonamides is 1. The van der Waals surface area contributed by atoms with Gasteiger partial charge >= 0.3 is 5.97 Å². The first-order valence-electron chi connectivity index (χ1n) is 8.10. The van der Waals surface area contributed by atoms with Crippen molar-refractivity contribution in [1.82, 2.24) is 4.72 Å². The number of fused-ring (bicyclic) bond motifs is 1. The number of nitrogens with one attached hydrogen (secondary N) is 1. The summed E-state index contributed by atoms with van der Waals surface area (Å²) in [6, 6.07) is 17.3. The largest absolute Gasteiger partial charge is 0.481 e. The summed E-state index contributed by atoms with van der Waals surface area (Å²) in [5, 5.41) is 10.6. The SMILES string of the molecule is O=C(O)CSc1cc(OCNS(=O)(=O)c2ccc(Br)cc2)c2ccccc2c1. The Bertz CT molecular complexity index is 1100. The van der Waals surface area contributed by atoms with Crippen LogP contribution in [0.5, 0.6) is 5.75 Å². The highest BCUT2D eigenvalue weighted by molar-refractivity contribution is 9.10. The van der Waals surface area contributed by atoms with Gasteiger partial charge in [0.15, 0.2) is 6.73 Å². The van der Waals surface area contributed by atoms with Crippen LogP contribution in [-0.4, -0.2) is 32.0 Å². The summed E-state index contributed by atoms with van der Waals surface area (Å²) >= 11 is 4.44. The van der Waals surface area contributed by atoms with E-state index in [2.05, 4.69) is 20.7 Å². The second-order valence-electron chi connectivity index (χ2n) is 5.72. The number of carbonyl (C=O) groups is 1. The standard InChI is InChI=1S/C19H16BrNO5S2/c20-14-5-7-16(8-6-14)28(24,25)21-12-26-18-10-15(27-11-19(22)23)9-13-3-1-2-4-17(13)18/h1-10,21H,11-12H2,(H,22,23). The summed E-state index contributed by atoms with van der Waals surface area (Å²) in [5.41, 5.74) is 0. The quantitative estimate of drug-likeness (QED) is 0.371. The predicted molar refractivity (Wildman–Crippen MR) is 112 cm³/mol. The Morgan fingerprint density at radius 1 is 1.11 bits per heavy atom. The fraction of sp³-hybridized carbons (Fsp3) is 0.105. The van der Waals surface area contributed by atoms with Gasteiger partial charge in [-0.25, -0.2) is 8.42 Å². The average molecular weight is 482 g/mol. The Kier molecular flexibility index (Phi) is 6.61. The van der Waals surface area contributed by atoms with Crippen LogP contribution in [-0.2, 0) is 14.8 Å². The van der Waals surface area contributed by atoms with Gasteiger partial charge in [-0.15, -0.1) is 11.8 Å². The molecule has 28 heavy (non-hydrogen) atoms. The van der Waals surface area contributed by atoms with E-state index < -0.39 is 16.0 Å². The van der Waals surface area contributed by atoms with Gasteiger partial charge < -0.3 is 9.84 Å². The van der Waals surface area contributed by atoms with Crippen molar-refractivity contribution in [2.45, 2.75) is 9.79 Å². The molecule has 0 spiro atoms. The van der Waals surface area contributed by atoms with E-state index in [1.165, 1.54) is 23.9 Å². The van der Waals surface area contributed by atoms with Gasteiger partial charge in [0.25, 0.3) is 0 Å². The average Bonchev–Trinajstić information content (AvgIpc) is 2.66. The van der Waals surface area contributed by atoms with Crippen LogP contribution >= 0.6 is 27.7 Å². The number of hydrogen-bond acceptors (Lipinski definition) is 5. The zero-order valence-corrected chi connectivity index (χ0v) is 17.7. The van der Waals surface area contributed by atoms with E-state index in [0.717, 1.165) is 20.1 Å². The minimum atomic E-state index is -3.71. The zero-order chi connectivity index (χ0) is 20.1. The Morgan fingerprint density at radius 2 is 1.82 bits per heavy atom. The monoisotopic (exact) mass is 481 g/mol. The Hall–Kier alpha value is -2.07. The van der Waals surface area contributed by atoms with Crippen LogP contribution in [0.2, 0.25) is 0 Å². The van der Waals surface area contributed by atoms with Crippen molar-refractivity contribution in [2.24, 2.45) is 0 Å². The van der Waals surface area contributed by atoms with Gasteiger partial charge in [-0.1, -0.05) is 40.2 Å². The molecule has 0 fully saturated rings. The number of hydrogen-bond donors (Lipinski definition) is 2. The number of aliphatic carboxylic acids is 1. The van der Waals surface area contributed by atoms with Crippen LogP contribution in [0.25, 0.3) is 10.8 Å². The molecule has 0 atom stereocenters. The van der Waals surface area contributed by atoms with Crippen molar-refractivity contribution in [1.29, 1.82) is 0 Å². The highest BCUT2D eigenvalue weighted by Gasteiger charge is 2.14. The van der Waals surface area contributed by atoms with Crippen LogP contribution < -0.4 is 9.46 Å². The fourth-order valence-electron chi connectivity index (χ4n) is 2.48. The number of ether oxygens (including phenoxy) is 1. The van der Waals surface area contributed by atoms with Crippen LogP contribution in [0.1, 0.15) is 0 Å². The number of thioether (sulfide) groups is 1. The van der Waals surface area contributed by atoms with Gasteiger partial charge in [-0.05, 0) is 41.8 Å². The lowest BCUT2D eigenvalue weighted by Crippen LogP contribution is -2.28. The summed E-state index contributed by atoms with van der Waals surface area (Å²) in [7, 11) is -3.71. The van der Waals surface area contributed by atoms with Crippen LogP contribution in [0.15, 0.2) is 74.9 Å². The van der Waals surface area contributed by atoms with E-state index in [9.17, 15) is 13.2 Å². The molecule has 0 bridgehead atoms. The Morgan fingerprint density at radius 3 is 2.54 bits per heavy atom. The molecule has 0 aliphatic carbocycles. The van der Waals surface area contributed by atoms with E-state index >= 15 is 0 Å². The first-order chi connectivity index (χ1) is 13.3. The van der Waals surface area contributed by atoms with Gasteiger partial charge in [0.1, 0.15) is 5.75 Å². The minimum absolute atomic E-state index is 0.0754. The smallest absolute Gasteiger partial charge is 0.313 e. The number of rotatable bonds is 8. The molecule has 0 heterocycles. The molecule has 0 amide bonds. The molecule has 0 aliphatic rings. The molecule has 0 aromatic heterocycles. The Balaban J connectivity index is 1.77. The van der Waals surface area contributed by atoms with E-state index in [1.807, 2.05) is 30.3 Å². The van der Waals surface area contributed by atoms with Crippen molar-refractivity contribution < 1.29 is 23.1 Å². The lowest BCUT2D eigenvalue weighted by molar-refractivity contribution is -0.133. The normalized spacial score (nSPS) is 11.5. The van der Waals surface area contributed by atoms with Gasteiger partial charge in [0.2, 0.25) is 10.0 Å². The number of carboxylic acid groups (broad SMARTS) is 1. The van der Waals surface area contributed by atoms with E-state index in [-0.39, 0.29) is 17.4 Å². The molecular formula is C19H16BrNO5S2. The molecule has 9 heteroatoms. The van der Waals surface area contributed by atoms with Gasteiger partial charge in [-0.3, -0.25) is 4.79 Å². The maximum Gasteiger partial charge on any atom is 0.313 e. The summed E-state index contributed by atoms with van der Waals surface area (Å²) in [4.78, 5) is 11.7. The molecule has 2 N–H and O–H groups in total. The van der Waals surface area contributed by atoms with Crippen molar-refractivity contribution in [3.8, 4) is 5.75 Å². The third-order valence-corrected chi connectivity index (χ3v) is 6.64. The van der Waals surface area contributed by atoms with Crippen molar-refractivity contribution in [3.05, 3.63) is 65.1 Å². The van der Waals surface area contributed by atoms with Gasteiger partial charge in [0, 0.05) is 14.8 Å². The molecular weight excluding hydrogens is 466 g/mol. The molecule has 3 aromatic carbocycles. The van der Waals surface area contributed by atoms with Crippen molar-refractivity contribution in [3.63, 3.8) is 0 Å². The third kappa shape index (κ3) is 5.26. The highest BCUT2D eigenvalue weighted by atomic mass is 79.9. The zero-order valence-electron chi connectivity index (χ0n) is 14.5. The topological polar surface area (TPSA) is 92.7 Å². The van der Waals surface area contributed by atoms with E-state index in [1.54, 1.807) is 18.2 Å². The van der Waals surface area contributed by atoms with Crippen LogP contribution in [0, 0.1) is 0 Å². The summed E-state index contributed by atoms with van der Waals surface area (Å²) in [5.74, 6) is -0.513. The summed E-state index contributed by atoms with van der Waals surface area (Å²) in [6.07, 6.45) is 0. The Labute approximate surface area is 175 Å². The third-order valence-electron chi connectivity index (χ3n) is 3.76. The van der Waals surface area contributed by atoms with Crippen molar-refractivity contribution in [2.75, 3.05) is 12.5 Å². The molecule has 0 unspecified atom stereocenters. The molecule has 0 radical (unpaired) electrons. The lowest BCUT2D eigenvalue weighted by atomic mass is 10.1. The maximum atomic E-state index is 12.4. The first kappa shape index (κ1) is 20.7.